The van der Waals surface area contributed by atoms with Gasteiger partial charge < -0.3 is 23.7 Å². The first-order valence-electron chi connectivity index (χ1n) is 11.6. The summed E-state index contributed by atoms with van der Waals surface area (Å²) < 4.78 is 16.8. The lowest BCUT2D eigenvalue weighted by Crippen LogP contribution is -2.40. The summed E-state index contributed by atoms with van der Waals surface area (Å²) in [6, 6.07) is 11.0. The molecule has 11 nitrogen and oxygen atoms in total. The Morgan fingerprint density at radius 3 is 2.06 bits per heavy atom. The molecule has 182 valence electrons. The minimum Gasteiger partial charge on any atom is -0.455 e. The average Bonchev–Trinajstić information content (AvgIpc) is 3.38. The van der Waals surface area contributed by atoms with E-state index in [9.17, 15) is 4.79 Å². The summed E-state index contributed by atoms with van der Waals surface area (Å²) >= 11 is 0. The fourth-order valence-electron chi connectivity index (χ4n) is 3.81. The zero-order valence-electron chi connectivity index (χ0n) is 19.5. The second-order valence-corrected chi connectivity index (χ2v) is 8.16. The zero-order chi connectivity index (χ0) is 24.0. The SMILES string of the molecule is CC(=O)c1ccc(-c2ccc(/C=N/Nc3nc(N4CCOCC4)nc(N4CCOCC4)n3)o2)cc1. The second kappa shape index (κ2) is 10.6. The highest BCUT2D eigenvalue weighted by Gasteiger charge is 2.20. The van der Waals surface area contributed by atoms with E-state index >= 15 is 0 Å². The molecule has 0 bridgehead atoms. The minimum absolute atomic E-state index is 0.0294. The van der Waals surface area contributed by atoms with E-state index in [1.807, 2.05) is 24.3 Å². The zero-order valence-corrected chi connectivity index (χ0v) is 19.5. The summed E-state index contributed by atoms with van der Waals surface area (Å²) in [5, 5.41) is 4.28. The van der Waals surface area contributed by atoms with Gasteiger partial charge in [0.1, 0.15) is 11.5 Å². The standard InChI is InChI=1S/C24H27N7O4/c1-17(32)18-2-4-19(5-3-18)21-7-6-20(35-21)16-25-29-22-26-23(30-8-12-33-13-9-30)28-24(27-22)31-10-14-34-15-11-31/h2-7,16H,8-15H2,1H3,(H,26,27,28,29)/b25-16+. The van der Waals surface area contributed by atoms with E-state index in [0.29, 0.717) is 61.4 Å². The third kappa shape index (κ3) is 5.64. The topological polar surface area (TPSA) is 118 Å². The molecule has 11 heteroatoms. The molecule has 0 amide bonds. The minimum atomic E-state index is 0.0294. The number of morpholine rings is 2. The maximum absolute atomic E-state index is 11.5. The van der Waals surface area contributed by atoms with Gasteiger partial charge in [-0.05, 0) is 19.1 Å². The number of hydrazone groups is 1. The van der Waals surface area contributed by atoms with Crippen molar-refractivity contribution in [3.8, 4) is 11.3 Å². The maximum atomic E-state index is 11.5. The summed E-state index contributed by atoms with van der Waals surface area (Å²) in [5.74, 6) is 2.83. The van der Waals surface area contributed by atoms with Gasteiger partial charge in [-0.25, -0.2) is 5.43 Å². The number of Topliss-reactive ketones (excluding diaryl/α,β-unsaturated/α-hetero) is 1. The van der Waals surface area contributed by atoms with Crippen LogP contribution in [0, 0.1) is 0 Å². The van der Waals surface area contributed by atoms with Crippen LogP contribution in [0.1, 0.15) is 23.0 Å². The van der Waals surface area contributed by atoms with Crippen LogP contribution in [0.5, 0.6) is 0 Å². The van der Waals surface area contributed by atoms with Crippen molar-refractivity contribution in [3.63, 3.8) is 0 Å². The van der Waals surface area contributed by atoms with E-state index in [0.717, 1.165) is 31.7 Å². The first-order valence-corrected chi connectivity index (χ1v) is 11.6. The number of ether oxygens (including phenoxy) is 2. The molecule has 5 rings (SSSR count). The fourth-order valence-corrected chi connectivity index (χ4v) is 3.81. The molecule has 0 atom stereocenters. The Balaban J connectivity index is 1.31. The quantitative estimate of drug-likeness (QED) is 0.309. The van der Waals surface area contributed by atoms with E-state index in [1.165, 1.54) is 0 Å². The van der Waals surface area contributed by atoms with Gasteiger partial charge in [0.25, 0.3) is 0 Å². The van der Waals surface area contributed by atoms with Gasteiger partial charge in [-0.15, -0.1) is 0 Å². The number of nitrogens with zero attached hydrogens (tertiary/aromatic N) is 6. The molecule has 35 heavy (non-hydrogen) atoms. The van der Waals surface area contributed by atoms with Crippen molar-refractivity contribution in [3.05, 3.63) is 47.7 Å². The Morgan fingerprint density at radius 2 is 1.49 bits per heavy atom. The van der Waals surface area contributed by atoms with Crippen LogP contribution in [-0.4, -0.2) is 79.6 Å². The van der Waals surface area contributed by atoms with Crippen LogP contribution in [-0.2, 0) is 9.47 Å². The van der Waals surface area contributed by atoms with Gasteiger partial charge in [0.2, 0.25) is 17.8 Å². The lowest BCUT2D eigenvalue weighted by molar-refractivity contribution is 0.101. The molecule has 2 aromatic heterocycles. The smallest absolute Gasteiger partial charge is 0.250 e. The third-order valence-electron chi connectivity index (χ3n) is 5.76. The molecule has 2 aliphatic rings. The molecule has 2 saturated heterocycles. The van der Waals surface area contributed by atoms with Crippen LogP contribution in [0.25, 0.3) is 11.3 Å². The highest BCUT2D eigenvalue weighted by molar-refractivity contribution is 5.94. The van der Waals surface area contributed by atoms with Crippen LogP contribution in [0.3, 0.4) is 0 Å². The summed E-state index contributed by atoms with van der Waals surface area (Å²) in [6.45, 7) is 6.97. The molecule has 0 radical (unpaired) electrons. The average molecular weight is 478 g/mol. The number of ketones is 1. The predicted molar refractivity (Wildman–Crippen MR) is 131 cm³/mol. The number of rotatable bonds is 7. The Hall–Kier alpha value is -3.83. The number of carbonyl (C=O) groups excluding carboxylic acids is 1. The normalized spacial score (nSPS) is 16.6. The van der Waals surface area contributed by atoms with Gasteiger partial charge in [0, 0.05) is 37.3 Å². The van der Waals surface area contributed by atoms with Crippen molar-refractivity contribution >= 4 is 29.8 Å². The molecule has 2 fully saturated rings. The Bertz CT molecular complexity index is 1150. The molecular formula is C24H27N7O4. The lowest BCUT2D eigenvalue weighted by atomic mass is 10.1. The van der Waals surface area contributed by atoms with Gasteiger partial charge in [0.15, 0.2) is 5.78 Å². The molecule has 0 unspecified atom stereocenters. The number of hydrogen-bond acceptors (Lipinski definition) is 11. The van der Waals surface area contributed by atoms with Crippen LogP contribution in [0.4, 0.5) is 17.8 Å². The number of nitrogens with one attached hydrogen (secondary N) is 1. The molecule has 1 N–H and O–H groups in total. The van der Waals surface area contributed by atoms with E-state index in [2.05, 4.69) is 35.3 Å². The van der Waals surface area contributed by atoms with Crippen molar-refractivity contribution in [2.24, 2.45) is 5.10 Å². The van der Waals surface area contributed by atoms with Crippen LogP contribution in [0.15, 0.2) is 45.9 Å². The highest BCUT2D eigenvalue weighted by Crippen LogP contribution is 2.22. The number of aromatic nitrogens is 3. The van der Waals surface area contributed by atoms with E-state index in [1.54, 1.807) is 25.3 Å². The van der Waals surface area contributed by atoms with Crippen molar-refractivity contribution in [1.82, 2.24) is 15.0 Å². The number of carbonyl (C=O) groups is 1. The van der Waals surface area contributed by atoms with E-state index in [4.69, 9.17) is 13.9 Å². The first-order chi connectivity index (χ1) is 17.2. The predicted octanol–water partition coefficient (Wildman–Crippen LogP) is 2.45. The fraction of sp³-hybridized carbons (Fsp3) is 0.375. The molecule has 3 aromatic rings. The lowest BCUT2D eigenvalue weighted by Gasteiger charge is -2.30. The van der Waals surface area contributed by atoms with Crippen molar-refractivity contribution < 1.29 is 18.7 Å². The van der Waals surface area contributed by atoms with Gasteiger partial charge in [0.05, 0.1) is 32.6 Å². The third-order valence-corrected chi connectivity index (χ3v) is 5.76. The number of furan rings is 1. The molecule has 0 saturated carbocycles. The summed E-state index contributed by atoms with van der Waals surface area (Å²) in [6.07, 6.45) is 1.57. The Kier molecular flexibility index (Phi) is 6.96. The Labute approximate surface area is 202 Å². The van der Waals surface area contributed by atoms with E-state index < -0.39 is 0 Å². The summed E-state index contributed by atoms with van der Waals surface area (Å²) in [5.41, 5.74) is 4.46. The van der Waals surface area contributed by atoms with Crippen LogP contribution >= 0.6 is 0 Å². The number of anilines is 3. The molecule has 1 aromatic carbocycles. The van der Waals surface area contributed by atoms with Crippen LogP contribution in [0.2, 0.25) is 0 Å². The van der Waals surface area contributed by atoms with Crippen molar-refractivity contribution in [1.29, 1.82) is 0 Å². The summed E-state index contributed by atoms with van der Waals surface area (Å²) in [4.78, 5) is 29.5. The maximum Gasteiger partial charge on any atom is 0.250 e. The Morgan fingerprint density at radius 1 is 0.886 bits per heavy atom. The monoisotopic (exact) mass is 477 g/mol. The number of hydrogen-bond donors (Lipinski definition) is 1. The molecular weight excluding hydrogens is 450 g/mol. The molecule has 4 heterocycles. The molecule has 2 aliphatic heterocycles. The second-order valence-electron chi connectivity index (χ2n) is 8.16. The number of benzene rings is 1. The molecule has 0 aliphatic carbocycles. The van der Waals surface area contributed by atoms with Gasteiger partial charge >= 0.3 is 0 Å². The first kappa shape index (κ1) is 22.9. The van der Waals surface area contributed by atoms with Crippen molar-refractivity contribution in [2.75, 3.05) is 67.8 Å². The highest BCUT2D eigenvalue weighted by atomic mass is 16.5. The summed E-state index contributed by atoms with van der Waals surface area (Å²) in [7, 11) is 0. The van der Waals surface area contributed by atoms with Gasteiger partial charge in [-0.3, -0.25) is 4.79 Å². The van der Waals surface area contributed by atoms with Crippen LogP contribution < -0.4 is 15.2 Å². The van der Waals surface area contributed by atoms with Gasteiger partial charge in [-0.2, -0.15) is 20.1 Å². The molecule has 0 spiro atoms. The van der Waals surface area contributed by atoms with Gasteiger partial charge in [-0.1, -0.05) is 24.3 Å². The van der Waals surface area contributed by atoms with Crippen molar-refractivity contribution in [2.45, 2.75) is 6.92 Å². The van der Waals surface area contributed by atoms with E-state index in [-0.39, 0.29) is 5.78 Å². The largest absolute Gasteiger partial charge is 0.455 e.